The van der Waals surface area contributed by atoms with Gasteiger partial charge in [0.2, 0.25) is 0 Å². The van der Waals surface area contributed by atoms with E-state index in [-0.39, 0.29) is 6.03 Å². The van der Waals surface area contributed by atoms with Gasteiger partial charge in [0.05, 0.1) is 0 Å². The Hall–Kier alpha value is -1.30. The molecule has 1 rings (SSSR count). The predicted molar refractivity (Wildman–Crippen MR) is 82.4 cm³/mol. The van der Waals surface area contributed by atoms with Gasteiger partial charge in [-0.15, -0.1) is 0 Å². The number of carbonyl (C=O) groups is 2. The molecule has 1 aliphatic heterocycles. The van der Waals surface area contributed by atoms with Gasteiger partial charge in [0.1, 0.15) is 6.04 Å². The summed E-state index contributed by atoms with van der Waals surface area (Å²) >= 11 is 0. The number of hydrogen-bond acceptors (Lipinski definition) is 3. The van der Waals surface area contributed by atoms with Gasteiger partial charge in [0.15, 0.2) is 0 Å². The number of nitrogens with one attached hydrogen (secondary N) is 2. The van der Waals surface area contributed by atoms with E-state index in [0.717, 1.165) is 25.9 Å². The summed E-state index contributed by atoms with van der Waals surface area (Å²) in [6, 6.07) is -0.548. The number of aliphatic carboxylic acids is 1. The first-order chi connectivity index (χ1) is 10.0. The number of carbonyl (C=O) groups excluding carboxylic acids is 1. The van der Waals surface area contributed by atoms with Crippen molar-refractivity contribution in [3.8, 4) is 0 Å². The highest BCUT2D eigenvalue weighted by atomic mass is 16.4. The van der Waals surface area contributed by atoms with Gasteiger partial charge >= 0.3 is 12.0 Å². The molecule has 1 saturated heterocycles. The number of amides is 2. The maximum Gasteiger partial charge on any atom is 0.326 e. The number of piperidine rings is 1. The van der Waals surface area contributed by atoms with E-state index in [2.05, 4.69) is 22.5 Å². The zero-order valence-corrected chi connectivity index (χ0v) is 13.2. The molecule has 0 aromatic rings. The highest BCUT2D eigenvalue weighted by molar-refractivity contribution is 5.82. The van der Waals surface area contributed by atoms with Gasteiger partial charge < -0.3 is 20.6 Å². The second-order valence-electron chi connectivity index (χ2n) is 5.81. The number of likely N-dealkylation sites (tertiary alicyclic amines) is 1. The van der Waals surface area contributed by atoms with Crippen LogP contribution in [0.1, 0.15) is 52.4 Å². The molecule has 1 heterocycles. The molecule has 0 radical (unpaired) electrons. The van der Waals surface area contributed by atoms with E-state index >= 15 is 0 Å². The van der Waals surface area contributed by atoms with E-state index in [1.807, 2.05) is 6.92 Å². The van der Waals surface area contributed by atoms with E-state index in [1.54, 1.807) is 0 Å². The molecule has 1 fully saturated rings. The van der Waals surface area contributed by atoms with Crippen molar-refractivity contribution in [2.45, 2.75) is 64.5 Å². The molecule has 3 N–H and O–H groups in total. The summed E-state index contributed by atoms with van der Waals surface area (Å²) in [5.41, 5.74) is 0. The SMILES string of the molecule is CCC[C@H](NC(=O)NCCCN1CCCCC1C)C(=O)O. The van der Waals surface area contributed by atoms with Crippen molar-refractivity contribution in [2.75, 3.05) is 19.6 Å². The summed E-state index contributed by atoms with van der Waals surface area (Å²) in [7, 11) is 0. The Morgan fingerprint density at radius 3 is 2.76 bits per heavy atom. The molecule has 21 heavy (non-hydrogen) atoms. The van der Waals surface area contributed by atoms with Gasteiger partial charge in [0, 0.05) is 19.1 Å². The van der Waals surface area contributed by atoms with Crippen LogP contribution in [0.4, 0.5) is 4.79 Å². The van der Waals surface area contributed by atoms with E-state index in [9.17, 15) is 9.59 Å². The normalized spacial score (nSPS) is 20.8. The van der Waals surface area contributed by atoms with Crippen molar-refractivity contribution in [2.24, 2.45) is 0 Å². The van der Waals surface area contributed by atoms with Gasteiger partial charge in [0.25, 0.3) is 0 Å². The van der Waals surface area contributed by atoms with Gasteiger partial charge in [-0.1, -0.05) is 19.8 Å². The van der Waals surface area contributed by atoms with Crippen LogP contribution in [-0.2, 0) is 4.79 Å². The Kier molecular flexibility index (Phi) is 8.12. The Labute approximate surface area is 127 Å². The Balaban J connectivity index is 2.16. The standard InChI is InChI=1S/C15H29N3O3/c1-3-7-13(14(19)20)17-15(21)16-9-6-11-18-10-5-4-8-12(18)2/h12-13H,3-11H2,1-2H3,(H,19,20)(H2,16,17,21)/t12?,13-/m0/s1. The minimum Gasteiger partial charge on any atom is -0.480 e. The summed E-state index contributed by atoms with van der Waals surface area (Å²) in [5.74, 6) is -0.978. The van der Waals surface area contributed by atoms with Crippen LogP contribution in [0, 0.1) is 0 Å². The van der Waals surface area contributed by atoms with E-state index in [4.69, 9.17) is 5.11 Å². The first-order valence-corrected chi connectivity index (χ1v) is 8.05. The molecule has 6 nitrogen and oxygen atoms in total. The molecular formula is C15H29N3O3. The Morgan fingerprint density at radius 1 is 1.38 bits per heavy atom. The van der Waals surface area contributed by atoms with Gasteiger partial charge in [-0.25, -0.2) is 9.59 Å². The van der Waals surface area contributed by atoms with Crippen LogP contribution in [0.5, 0.6) is 0 Å². The van der Waals surface area contributed by atoms with Crippen LogP contribution in [0.2, 0.25) is 0 Å². The summed E-state index contributed by atoms with van der Waals surface area (Å²) in [6.07, 6.45) is 5.90. The molecule has 1 aliphatic rings. The predicted octanol–water partition coefficient (Wildman–Crippen LogP) is 1.80. The van der Waals surface area contributed by atoms with Crippen molar-refractivity contribution < 1.29 is 14.7 Å². The van der Waals surface area contributed by atoms with E-state index in [1.165, 1.54) is 19.3 Å². The summed E-state index contributed by atoms with van der Waals surface area (Å²) in [5, 5.41) is 14.2. The molecule has 0 aromatic carbocycles. The van der Waals surface area contributed by atoms with Crippen molar-refractivity contribution in [1.29, 1.82) is 0 Å². The van der Waals surface area contributed by atoms with Crippen LogP contribution >= 0.6 is 0 Å². The molecule has 6 heteroatoms. The molecule has 122 valence electrons. The third-order valence-corrected chi connectivity index (χ3v) is 4.03. The third kappa shape index (κ3) is 6.80. The average Bonchev–Trinajstić information content (AvgIpc) is 2.44. The van der Waals surface area contributed by atoms with Crippen molar-refractivity contribution in [3.05, 3.63) is 0 Å². The topological polar surface area (TPSA) is 81.7 Å². The fourth-order valence-corrected chi connectivity index (χ4v) is 2.73. The van der Waals surface area contributed by atoms with Gasteiger partial charge in [-0.2, -0.15) is 0 Å². The maximum absolute atomic E-state index is 11.6. The van der Waals surface area contributed by atoms with Crippen molar-refractivity contribution in [1.82, 2.24) is 15.5 Å². The zero-order valence-electron chi connectivity index (χ0n) is 13.2. The molecule has 1 unspecified atom stereocenters. The molecule has 0 saturated carbocycles. The fraction of sp³-hybridized carbons (Fsp3) is 0.867. The minimum atomic E-state index is -0.978. The summed E-state index contributed by atoms with van der Waals surface area (Å²) < 4.78 is 0. The molecular weight excluding hydrogens is 270 g/mol. The number of hydrogen-bond donors (Lipinski definition) is 3. The minimum absolute atomic E-state index is 0.387. The van der Waals surface area contributed by atoms with Crippen molar-refractivity contribution in [3.63, 3.8) is 0 Å². The van der Waals surface area contributed by atoms with Gasteiger partial charge in [-0.05, 0) is 39.2 Å². The second-order valence-corrected chi connectivity index (χ2v) is 5.81. The van der Waals surface area contributed by atoms with E-state index in [0.29, 0.717) is 19.0 Å². The van der Waals surface area contributed by atoms with E-state index < -0.39 is 12.0 Å². The smallest absolute Gasteiger partial charge is 0.326 e. The molecule has 0 aliphatic carbocycles. The fourth-order valence-electron chi connectivity index (χ4n) is 2.73. The second kappa shape index (κ2) is 9.60. The third-order valence-electron chi connectivity index (χ3n) is 4.03. The lowest BCUT2D eigenvalue weighted by atomic mass is 10.0. The number of nitrogens with zero attached hydrogens (tertiary/aromatic N) is 1. The quantitative estimate of drug-likeness (QED) is 0.597. The molecule has 0 aromatic heterocycles. The number of carboxylic acids is 1. The molecule has 0 spiro atoms. The monoisotopic (exact) mass is 299 g/mol. The molecule has 2 amide bonds. The number of carboxylic acid groups (broad SMARTS) is 1. The largest absolute Gasteiger partial charge is 0.480 e. The summed E-state index contributed by atoms with van der Waals surface area (Å²) in [4.78, 5) is 25.1. The highest BCUT2D eigenvalue weighted by Gasteiger charge is 2.19. The first-order valence-electron chi connectivity index (χ1n) is 8.05. The maximum atomic E-state index is 11.6. The lowest BCUT2D eigenvalue weighted by Gasteiger charge is -2.33. The molecule has 0 bridgehead atoms. The van der Waals surface area contributed by atoms with Crippen LogP contribution in [0.25, 0.3) is 0 Å². The van der Waals surface area contributed by atoms with Crippen LogP contribution in [0.15, 0.2) is 0 Å². The lowest BCUT2D eigenvalue weighted by molar-refractivity contribution is -0.139. The lowest BCUT2D eigenvalue weighted by Crippen LogP contribution is -2.46. The summed E-state index contributed by atoms with van der Waals surface area (Å²) in [6.45, 7) is 6.86. The number of rotatable bonds is 8. The average molecular weight is 299 g/mol. The molecule has 2 atom stereocenters. The van der Waals surface area contributed by atoms with Gasteiger partial charge in [-0.3, -0.25) is 0 Å². The highest BCUT2D eigenvalue weighted by Crippen LogP contribution is 2.15. The van der Waals surface area contributed by atoms with Crippen LogP contribution < -0.4 is 10.6 Å². The van der Waals surface area contributed by atoms with Crippen LogP contribution in [-0.4, -0.2) is 53.7 Å². The first kappa shape index (κ1) is 17.8. The zero-order chi connectivity index (χ0) is 15.7. The Bertz CT molecular complexity index is 336. The van der Waals surface area contributed by atoms with Crippen molar-refractivity contribution >= 4 is 12.0 Å². The Morgan fingerprint density at radius 2 is 2.14 bits per heavy atom. The van der Waals surface area contributed by atoms with Crippen LogP contribution in [0.3, 0.4) is 0 Å². The number of urea groups is 1.